The summed E-state index contributed by atoms with van der Waals surface area (Å²) in [5.41, 5.74) is 1.09. The second-order valence-corrected chi connectivity index (χ2v) is 9.10. The molecule has 2 rings (SSSR count). The fourth-order valence-electron chi connectivity index (χ4n) is 2.82. The smallest absolute Gasteiger partial charge is 0.411 e. The Morgan fingerprint density at radius 3 is 1.77 bits per heavy atom. The molecule has 2 N–H and O–H groups in total. The molecular formula is C25H32N2O4. The Balaban J connectivity index is 2.44. The van der Waals surface area contributed by atoms with Crippen molar-refractivity contribution in [1.29, 1.82) is 0 Å². The first-order valence-electron chi connectivity index (χ1n) is 10.2. The van der Waals surface area contributed by atoms with E-state index in [2.05, 4.69) is 10.6 Å². The molecule has 0 aromatic heterocycles. The maximum Gasteiger partial charge on any atom is 0.411 e. The number of carbonyl (C=O) groups excluding carboxylic acids is 2. The predicted molar refractivity (Wildman–Crippen MR) is 122 cm³/mol. The molecule has 1 unspecified atom stereocenters. The Hall–Kier alpha value is -3.28. The van der Waals surface area contributed by atoms with E-state index in [1.807, 2.05) is 81.4 Å². The van der Waals surface area contributed by atoms with Crippen LogP contribution in [-0.4, -0.2) is 23.4 Å². The molecule has 0 fully saturated rings. The van der Waals surface area contributed by atoms with Crippen LogP contribution in [-0.2, 0) is 9.47 Å². The molecule has 0 saturated carbocycles. The van der Waals surface area contributed by atoms with Crippen LogP contribution in [0.3, 0.4) is 0 Å². The van der Waals surface area contributed by atoms with Crippen LogP contribution in [0.2, 0.25) is 0 Å². The van der Waals surface area contributed by atoms with Crippen molar-refractivity contribution in [2.24, 2.45) is 0 Å². The SMILES string of the molecule is CC(C)(C)OC(=O)N/C=C(\c1ccccc1)C(NC(=O)OC(C)(C)C)c1ccccc1. The van der Waals surface area contributed by atoms with E-state index in [-0.39, 0.29) is 0 Å². The summed E-state index contributed by atoms with van der Waals surface area (Å²) in [6.45, 7) is 10.8. The van der Waals surface area contributed by atoms with Gasteiger partial charge >= 0.3 is 12.2 Å². The number of nitrogens with one attached hydrogen (secondary N) is 2. The highest BCUT2D eigenvalue weighted by molar-refractivity contribution is 5.79. The summed E-state index contributed by atoms with van der Waals surface area (Å²) in [7, 11) is 0. The number of benzene rings is 2. The molecule has 0 aliphatic rings. The van der Waals surface area contributed by atoms with Gasteiger partial charge in [-0.1, -0.05) is 60.7 Å². The largest absolute Gasteiger partial charge is 0.444 e. The van der Waals surface area contributed by atoms with Crippen LogP contribution in [0.15, 0.2) is 66.9 Å². The van der Waals surface area contributed by atoms with E-state index in [9.17, 15) is 9.59 Å². The van der Waals surface area contributed by atoms with Gasteiger partial charge < -0.3 is 14.8 Å². The van der Waals surface area contributed by atoms with Gasteiger partial charge in [0.25, 0.3) is 0 Å². The zero-order valence-corrected chi connectivity index (χ0v) is 19.1. The molecule has 6 heteroatoms. The number of rotatable bonds is 5. The quantitative estimate of drug-likeness (QED) is 0.634. The molecule has 1 atom stereocenters. The number of hydrogen-bond acceptors (Lipinski definition) is 4. The van der Waals surface area contributed by atoms with Crippen molar-refractivity contribution in [2.75, 3.05) is 0 Å². The molecule has 0 bridgehead atoms. The Morgan fingerprint density at radius 2 is 1.26 bits per heavy atom. The Bertz CT molecular complexity index is 895. The van der Waals surface area contributed by atoms with Gasteiger partial charge in [0.15, 0.2) is 0 Å². The second kappa shape index (κ2) is 10.2. The van der Waals surface area contributed by atoms with Gasteiger partial charge in [-0.25, -0.2) is 9.59 Å². The number of alkyl carbamates (subject to hydrolysis) is 2. The third kappa shape index (κ3) is 8.54. The number of carbonyl (C=O) groups is 2. The third-order valence-electron chi connectivity index (χ3n) is 3.96. The highest BCUT2D eigenvalue weighted by Gasteiger charge is 2.25. The van der Waals surface area contributed by atoms with Crippen molar-refractivity contribution >= 4 is 17.8 Å². The zero-order chi connectivity index (χ0) is 23.1. The van der Waals surface area contributed by atoms with Gasteiger partial charge in [-0.3, -0.25) is 5.32 Å². The molecule has 0 radical (unpaired) electrons. The lowest BCUT2D eigenvalue weighted by molar-refractivity contribution is 0.0514. The lowest BCUT2D eigenvalue weighted by Gasteiger charge is -2.26. The van der Waals surface area contributed by atoms with Crippen LogP contribution in [0.25, 0.3) is 5.57 Å². The lowest BCUT2D eigenvalue weighted by atomic mass is 9.93. The van der Waals surface area contributed by atoms with Gasteiger partial charge in [-0.05, 0) is 52.7 Å². The molecule has 0 spiro atoms. The van der Waals surface area contributed by atoms with E-state index in [1.54, 1.807) is 27.0 Å². The van der Waals surface area contributed by atoms with E-state index in [4.69, 9.17) is 9.47 Å². The van der Waals surface area contributed by atoms with Gasteiger partial charge in [0.05, 0.1) is 6.04 Å². The van der Waals surface area contributed by atoms with Crippen LogP contribution in [0.5, 0.6) is 0 Å². The summed E-state index contributed by atoms with van der Waals surface area (Å²) in [5, 5.41) is 5.63. The Labute approximate surface area is 184 Å². The number of hydrogen-bond donors (Lipinski definition) is 2. The van der Waals surface area contributed by atoms with Crippen molar-refractivity contribution in [3.63, 3.8) is 0 Å². The minimum Gasteiger partial charge on any atom is -0.444 e. The summed E-state index contributed by atoms with van der Waals surface area (Å²) in [6, 6.07) is 18.5. The standard InChI is InChI=1S/C25H32N2O4/c1-24(2,3)30-22(28)26-17-20(18-13-9-7-10-14-18)21(19-15-11-8-12-16-19)27-23(29)31-25(4,5)6/h7-17,21H,1-6H3,(H,26,28)(H,27,29)/b20-17+. The summed E-state index contributed by atoms with van der Waals surface area (Å²) in [5.74, 6) is 0. The van der Waals surface area contributed by atoms with Gasteiger partial charge in [0.2, 0.25) is 0 Å². The highest BCUT2D eigenvalue weighted by atomic mass is 16.6. The van der Waals surface area contributed by atoms with Crippen molar-refractivity contribution in [3.8, 4) is 0 Å². The molecule has 0 aliphatic heterocycles. The van der Waals surface area contributed by atoms with Crippen LogP contribution in [0.4, 0.5) is 9.59 Å². The minimum absolute atomic E-state index is 0.555. The monoisotopic (exact) mass is 424 g/mol. The maximum absolute atomic E-state index is 12.6. The summed E-state index contributed by atoms with van der Waals surface area (Å²) in [4.78, 5) is 24.9. The van der Waals surface area contributed by atoms with Crippen LogP contribution in [0.1, 0.15) is 58.7 Å². The van der Waals surface area contributed by atoms with Gasteiger partial charge in [0.1, 0.15) is 11.2 Å². The van der Waals surface area contributed by atoms with E-state index in [0.717, 1.165) is 11.1 Å². The normalized spacial score (nSPS) is 13.2. The van der Waals surface area contributed by atoms with Crippen LogP contribution in [0, 0.1) is 0 Å². The Morgan fingerprint density at radius 1 is 0.774 bits per heavy atom. The van der Waals surface area contributed by atoms with Gasteiger partial charge in [-0.2, -0.15) is 0 Å². The molecule has 2 aromatic rings. The summed E-state index contributed by atoms with van der Waals surface area (Å²) < 4.78 is 10.8. The molecule has 6 nitrogen and oxygen atoms in total. The minimum atomic E-state index is -0.642. The first kappa shape index (κ1) is 24.0. The zero-order valence-electron chi connectivity index (χ0n) is 19.1. The van der Waals surface area contributed by atoms with Crippen molar-refractivity contribution in [1.82, 2.24) is 10.6 Å². The predicted octanol–water partition coefficient (Wildman–Crippen LogP) is 5.82. The molecule has 0 saturated heterocycles. The molecule has 166 valence electrons. The highest BCUT2D eigenvalue weighted by Crippen LogP contribution is 2.30. The topological polar surface area (TPSA) is 76.7 Å². The average molecular weight is 425 g/mol. The molecule has 31 heavy (non-hydrogen) atoms. The van der Waals surface area contributed by atoms with E-state index in [0.29, 0.717) is 5.57 Å². The Kier molecular flexibility index (Phi) is 7.86. The first-order chi connectivity index (χ1) is 14.4. The van der Waals surface area contributed by atoms with Crippen LogP contribution < -0.4 is 10.6 Å². The summed E-state index contributed by atoms with van der Waals surface area (Å²) >= 11 is 0. The fourth-order valence-corrected chi connectivity index (χ4v) is 2.82. The molecular weight excluding hydrogens is 392 g/mol. The van der Waals surface area contributed by atoms with Gasteiger partial charge in [-0.15, -0.1) is 0 Å². The number of ether oxygens (including phenoxy) is 2. The summed E-state index contributed by atoms with van der Waals surface area (Å²) in [6.07, 6.45) is 0.434. The second-order valence-electron chi connectivity index (χ2n) is 9.10. The number of amides is 2. The third-order valence-corrected chi connectivity index (χ3v) is 3.96. The lowest BCUT2D eigenvalue weighted by Crippen LogP contribution is -2.36. The van der Waals surface area contributed by atoms with E-state index >= 15 is 0 Å². The maximum atomic E-state index is 12.6. The van der Waals surface area contributed by atoms with Crippen LogP contribution >= 0.6 is 0 Å². The van der Waals surface area contributed by atoms with E-state index in [1.165, 1.54) is 0 Å². The van der Waals surface area contributed by atoms with Crippen molar-refractivity contribution in [3.05, 3.63) is 78.0 Å². The fraction of sp³-hybridized carbons (Fsp3) is 0.360. The van der Waals surface area contributed by atoms with Crippen molar-refractivity contribution in [2.45, 2.75) is 58.8 Å². The average Bonchev–Trinajstić information content (AvgIpc) is 2.66. The molecule has 2 aromatic carbocycles. The van der Waals surface area contributed by atoms with E-state index < -0.39 is 29.4 Å². The molecule has 0 heterocycles. The molecule has 0 aliphatic carbocycles. The van der Waals surface area contributed by atoms with Gasteiger partial charge in [0, 0.05) is 11.8 Å². The molecule has 2 amide bonds. The van der Waals surface area contributed by atoms with Crippen molar-refractivity contribution < 1.29 is 19.1 Å². The first-order valence-corrected chi connectivity index (χ1v) is 10.2.